The van der Waals surface area contributed by atoms with Crippen molar-refractivity contribution in [2.24, 2.45) is 0 Å². The van der Waals surface area contributed by atoms with Gasteiger partial charge in [-0.05, 0) is 52.5 Å². The predicted octanol–water partition coefficient (Wildman–Crippen LogP) is 3.59. The lowest BCUT2D eigenvalue weighted by Crippen LogP contribution is -2.41. The molecule has 0 aliphatic carbocycles. The van der Waals surface area contributed by atoms with Crippen LogP contribution in [0.3, 0.4) is 0 Å². The number of unbranched alkanes of at least 4 members (excludes halogenated alkanes) is 11. The lowest BCUT2D eigenvalue weighted by molar-refractivity contribution is -0.142. The Morgan fingerprint density at radius 3 is 1.19 bits per heavy atom. The number of hydrogen-bond acceptors (Lipinski definition) is 15. The number of nitrogens with one attached hydrogen (secondary N) is 4. The molecule has 0 heterocycles. The normalized spacial score (nSPS) is 12.1. The smallest absolute Gasteiger partial charge is 0.326 e. The first-order chi connectivity index (χ1) is 32.6. The van der Waals surface area contributed by atoms with Gasteiger partial charge in [0.05, 0.1) is 112 Å². The van der Waals surface area contributed by atoms with E-state index >= 15 is 0 Å². The summed E-state index contributed by atoms with van der Waals surface area (Å²) in [7, 11) is 1.78. The molecule has 0 rings (SSSR count). The lowest BCUT2D eigenvalue weighted by atomic mass is 10.0. The Morgan fingerprint density at radius 2 is 0.776 bits per heavy atom. The van der Waals surface area contributed by atoms with E-state index in [2.05, 4.69) is 21.3 Å². The number of carboxylic acids is 2. The number of rotatable bonds is 53. The quantitative estimate of drug-likeness (QED) is 0.0476. The van der Waals surface area contributed by atoms with E-state index in [1.807, 2.05) is 0 Å². The van der Waals surface area contributed by atoms with Crippen LogP contribution in [0.15, 0.2) is 0 Å². The number of carbonyl (C=O) groups is 6. The van der Waals surface area contributed by atoms with Crippen LogP contribution in [0.5, 0.6) is 0 Å². The second-order valence-corrected chi connectivity index (χ2v) is 16.1. The topological polar surface area (TPSA) is 265 Å². The molecule has 392 valence electrons. The molecule has 0 radical (unpaired) electrons. The van der Waals surface area contributed by atoms with Gasteiger partial charge in [-0.25, -0.2) is 4.79 Å². The summed E-state index contributed by atoms with van der Waals surface area (Å²) in [5, 5.41) is 29.3. The van der Waals surface area contributed by atoms with Crippen LogP contribution in [0.25, 0.3) is 0 Å². The number of ether oxygens (including phenoxy) is 8. The maximum absolute atomic E-state index is 12.3. The molecule has 0 unspecified atom stereocenters. The highest BCUT2D eigenvalue weighted by atomic mass is 16.6. The third-order valence-corrected chi connectivity index (χ3v) is 10.3. The average molecular weight is 965 g/mol. The van der Waals surface area contributed by atoms with Gasteiger partial charge in [0, 0.05) is 38.8 Å². The largest absolute Gasteiger partial charge is 0.481 e. The summed E-state index contributed by atoms with van der Waals surface area (Å²) in [5.74, 6) is -2.47. The first kappa shape index (κ1) is 63.7. The molecule has 67 heavy (non-hydrogen) atoms. The number of carboxylic acid groups (broad SMARTS) is 2. The van der Waals surface area contributed by atoms with Crippen molar-refractivity contribution >= 4 is 35.4 Å². The molecule has 0 aromatic heterocycles. The summed E-state index contributed by atoms with van der Waals surface area (Å²) in [6.45, 7) is 8.87. The Labute approximate surface area is 399 Å². The molecule has 3 amide bonds. The second kappa shape index (κ2) is 49.1. The minimum absolute atomic E-state index is 0.00373. The highest BCUT2D eigenvalue weighted by Crippen LogP contribution is 2.13. The molecule has 2 atom stereocenters. The fourth-order valence-electron chi connectivity index (χ4n) is 6.45. The van der Waals surface area contributed by atoms with Gasteiger partial charge in [0.2, 0.25) is 17.7 Å². The van der Waals surface area contributed by atoms with Crippen molar-refractivity contribution in [2.75, 3.05) is 126 Å². The molecule has 0 aromatic rings. The fourth-order valence-corrected chi connectivity index (χ4v) is 6.45. The Morgan fingerprint density at radius 1 is 0.388 bits per heavy atom. The molecule has 0 aliphatic heterocycles. The van der Waals surface area contributed by atoms with Crippen LogP contribution in [0.4, 0.5) is 0 Å². The first-order valence-corrected chi connectivity index (χ1v) is 24.6. The van der Waals surface area contributed by atoms with Crippen molar-refractivity contribution in [2.45, 2.75) is 141 Å². The van der Waals surface area contributed by atoms with E-state index in [1.165, 1.54) is 0 Å². The zero-order valence-electron chi connectivity index (χ0n) is 40.9. The zero-order chi connectivity index (χ0) is 49.3. The average Bonchev–Trinajstić information content (AvgIpc) is 3.29. The van der Waals surface area contributed by atoms with E-state index < -0.39 is 18.0 Å². The highest BCUT2D eigenvalue weighted by molar-refractivity contribution is 5.84. The molecule has 0 aromatic carbocycles. The molecule has 20 heteroatoms. The van der Waals surface area contributed by atoms with Gasteiger partial charge in [-0.15, -0.1) is 0 Å². The van der Waals surface area contributed by atoms with Crippen molar-refractivity contribution in [3.63, 3.8) is 0 Å². The number of hydrogen-bond donors (Lipinski definition) is 6. The monoisotopic (exact) mass is 965 g/mol. The molecule has 0 spiro atoms. The van der Waals surface area contributed by atoms with Gasteiger partial charge in [-0.1, -0.05) is 57.8 Å². The van der Waals surface area contributed by atoms with Crippen LogP contribution in [0.1, 0.15) is 129 Å². The minimum atomic E-state index is -1.17. The number of Topliss-reactive ketones (excluding diaryl/α,β-unsaturated/α-hetero) is 1. The maximum atomic E-state index is 12.3. The van der Waals surface area contributed by atoms with Gasteiger partial charge >= 0.3 is 11.9 Å². The predicted molar refractivity (Wildman–Crippen MR) is 251 cm³/mol. The van der Waals surface area contributed by atoms with Gasteiger partial charge in [0.25, 0.3) is 0 Å². The van der Waals surface area contributed by atoms with E-state index in [0.29, 0.717) is 118 Å². The van der Waals surface area contributed by atoms with Crippen LogP contribution < -0.4 is 21.3 Å². The van der Waals surface area contributed by atoms with Gasteiger partial charge in [0.1, 0.15) is 11.8 Å². The van der Waals surface area contributed by atoms with Gasteiger partial charge in [-0.3, -0.25) is 24.0 Å². The maximum Gasteiger partial charge on any atom is 0.326 e. The van der Waals surface area contributed by atoms with Crippen molar-refractivity contribution in [1.29, 1.82) is 0 Å². The van der Waals surface area contributed by atoms with E-state index in [4.69, 9.17) is 43.0 Å². The lowest BCUT2D eigenvalue weighted by Gasteiger charge is -2.14. The van der Waals surface area contributed by atoms with E-state index in [-0.39, 0.29) is 68.4 Å². The summed E-state index contributed by atoms with van der Waals surface area (Å²) in [5.41, 5.74) is 0. The Kier molecular flexibility index (Phi) is 46.6. The van der Waals surface area contributed by atoms with Crippen molar-refractivity contribution in [3.8, 4) is 0 Å². The van der Waals surface area contributed by atoms with E-state index in [0.717, 1.165) is 83.5 Å². The van der Waals surface area contributed by atoms with Crippen molar-refractivity contribution in [3.05, 3.63) is 0 Å². The molecule has 0 bridgehead atoms. The molecule has 0 saturated carbocycles. The molecule has 0 saturated heterocycles. The van der Waals surface area contributed by atoms with Gasteiger partial charge < -0.3 is 69.4 Å². The zero-order valence-corrected chi connectivity index (χ0v) is 40.9. The van der Waals surface area contributed by atoms with Crippen LogP contribution in [-0.2, 0) is 66.7 Å². The van der Waals surface area contributed by atoms with Crippen molar-refractivity contribution < 1.29 is 76.9 Å². The summed E-state index contributed by atoms with van der Waals surface area (Å²) in [6, 6.07) is -1.24. The van der Waals surface area contributed by atoms with Crippen LogP contribution in [0, 0.1) is 0 Å². The van der Waals surface area contributed by atoms with E-state index in [9.17, 15) is 33.9 Å². The third kappa shape index (κ3) is 47.5. The SMILES string of the molecule is CN[C@@H](CCCCNC(=O)CCOCCOCCOCCOCCOCCOCCOCCOCCNC(=O)CC[C@H](NC(=O)CCCCCCCCCCCCCC(=O)O)C(=O)O)C(C)=O. The first-order valence-electron chi connectivity index (χ1n) is 24.6. The summed E-state index contributed by atoms with van der Waals surface area (Å²) in [4.78, 5) is 69.9. The van der Waals surface area contributed by atoms with Crippen molar-refractivity contribution in [1.82, 2.24) is 21.3 Å². The molecular formula is C47H88N4O16. The number of ketones is 1. The summed E-state index contributed by atoms with van der Waals surface area (Å²) < 4.78 is 43.8. The molecule has 6 N–H and O–H groups in total. The van der Waals surface area contributed by atoms with Crippen LogP contribution in [0.2, 0.25) is 0 Å². The highest BCUT2D eigenvalue weighted by Gasteiger charge is 2.21. The standard InChI is InChI=1S/C47H88N4O16/c1-40(52)41(48-2)16-14-15-22-49-44(54)21-24-60-26-28-62-30-32-64-34-36-66-38-39-67-37-35-65-33-31-63-29-27-61-25-23-50-43(53)20-19-42(47(58)59)51-45(55)17-12-10-8-6-4-3-5-7-9-11-13-18-46(56)57/h41-42,48H,3-39H2,1-2H3,(H,49,54)(H,50,53)(H,51,55)(H,56,57)(H,58,59)/t41-,42-/m0/s1. The molecule has 0 fully saturated rings. The van der Waals surface area contributed by atoms with Crippen LogP contribution in [-0.4, -0.2) is 184 Å². The number of carbonyl (C=O) groups excluding carboxylic acids is 4. The third-order valence-electron chi connectivity index (χ3n) is 10.3. The fraction of sp³-hybridized carbons (Fsp3) is 0.872. The number of likely N-dealkylation sites (N-methyl/N-ethyl adjacent to an activating group) is 1. The molecular weight excluding hydrogens is 877 g/mol. The Hall–Kier alpha value is -3.34. The minimum Gasteiger partial charge on any atom is -0.481 e. The summed E-state index contributed by atoms with van der Waals surface area (Å²) in [6.07, 6.45) is 14.3. The second-order valence-electron chi connectivity index (χ2n) is 16.1. The molecule has 0 aliphatic rings. The Bertz CT molecular complexity index is 1230. The number of amides is 3. The Balaban J connectivity index is 3.45. The number of aliphatic carboxylic acids is 2. The van der Waals surface area contributed by atoms with E-state index in [1.54, 1.807) is 14.0 Å². The molecule has 20 nitrogen and oxygen atoms in total. The summed E-state index contributed by atoms with van der Waals surface area (Å²) >= 11 is 0. The van der Waals surface area contributed by atoms with Gasteiger partial charge in [0.15, 0.2) is 0 Å². The van der Waals surface area contributed by atoms with Gasteiger partial charge in [-0.2, -0.15) is 0 Å². The van der Waals surface area contributed by atoms with Crippen LogP contribution >= 0.6 is 0 Å².